The second-order valence-electron chi connectivity index (χ2n) is 10.5. The first-order chi connectivity index (χ1) is 19.2. The molecule has 3 heterocycles. The van der Waals surface area contributed by atoms with Crippen molar-refractivity contribution in [1.29, 1.82) is 0 Å². The maximum atomic E-state index is 13.7. The van der Waals surface area contributed by atoms with Gasteiger partial charge in [-0.15, -0.1) is 0 Å². The van der Waals surface area contributed by atoms with Gasteiger partial charge in [-0.3, -0.25) is 14.5 Å². The van der Waals surface area contributed by atoms with Gasteiger partial charge in [-0.25, -0.2) is 4.98 Å². The molecule has 8 heteroatoms. The van der Waals surface area contributed by atoms with Crippen LogP contribution in [-0.2, 0) is 16.0 Å². The van der Waals surface area contributed by atoms with E-state index in [2.05, 4.69) is 0 Å². The lowest BCUT2D eigenvalue weighted by Crippen LogP contribution is -2.29. The Morgan fingerprint density at radius 3 is 2.65 bits per heavy atom. The number of carbonyl (C=O) groups excluding carboxylic acids is 2. The van der Waals surface area contributed by atoms with Crippen LogP contribution in [0.2, 0.25) is 0 Å². The molecule has 6 rings (SSSR count). The van der Waals surface area contributed by atoms with Gasteiger partial charge < -0.3 is 14.6 Å². The molecule has 4 aromatic rings. The van der Waals surface area contributed by atoms with Crippen LogP contribution in [0.15, 0.2) is 60.2 Å². The molecule has 2 aliphatic rings. The molecule has 0 saturated carbocycles. The number of aliphatic hydroxyl groups is 1. The third-order valence-corrected chi connectivity index (χ3v) is 8.31. The number of aromatic nitrogens is 1. The molecule has 2 unspecified atom stereocenters. The first kappa shape index (κ1) is 26.1. The van der Waals surface area contributed by atoms with Crippen LogP contribution in [0.3, 0.4) is 0 Å². The predicted octanol–water partition coefficient (Wildman–Crippen LogP) is 6.65. The number of ketones is 1. The van der Waals surface area contributed by atoms with Crippen molar-refractivity contribution in [3.8, 4) is 11.5 Å². The molecule has 2 atom stereocenters. The van der Waals surface area contributed by atoms with E-state index in [0.29, 0.717) is 35.0 Å². The van der Waals surface area contributed by atoms with Crippen LogP contribution in [0.5, 0.6) is 11.5 Å². The van der Waals surface area contributed by atoms with Crippen LogP contribution in [0.1, 0.15) is 54.1 Å². The minimum atomic E-state index is -0.856. The van der Waals surface area contributed by atoms with Gasteiger partial charge in [0.1, 0.15) is 23.4 Å². The first-order valence-corrected chi connectivity index (χ1v) is 14.3. The zero-order chi connectivity index (χ0) is 28.1. The van der Waals surface area contributed by atoms with E-state index in [1.165, 1.54) is 16.2 Å². The van der Waals surface area contributed by atoms with Gasteiger partial charge in [-0.2, -0.15) is 0 Å². The van der Waals surface area contributed by atoms with E-state index in [1.54, 1.807) is 12.1 Å². The summed E-state index contributed by atoms with van der Waals surface area (Å²) in [6.07, 6.45) is 1.62. The summed E-state index contributed by atoms with van der Waals surface area (Å²) in [5.41, 5.74) is 5.02. The van der Waals surface area contributed by atoms with Gasteiger partial charge in [-0.05, 0) is 85.8 Å². The standard InChI is InChI=1S/C32H30N2O5S/c1-5-12-38-23-9-6-20(7-10-23)28-26(29(35)21-8-11-24-22(16-21)15-19(4)39-24)30(36)31(37)34(28)32-33-27-18(3)13-17(2)14-25(27)40-32/h6-11,13-14,16,19,28,35H,5,12,15H2,1-4H3/b29-26-. The largest absolute Gasteiger partial charge is 0.507 e. The third kappa shape index (κ3) is 4.42. The fourth-order valence-electron chi connectivity index (χ4n) is 5.50. The van der Waals surface area contributed by atoms with E-state index in [0.717, 1.165) is 39.1 Å². The molecule has 1 aromatic heterocycles. The molecule has 40 heavy (non-hydrogen) atoms. The second-order valence-corrected chi connectivity index (χ2v) is 11.5. The lowest BCUT2D eigenvalue weighted by molar-refractivity contribution is -0.132. The Bertz CT molecular complexity index is 1690. The second kappa shape index (κ2) is 10.1. The van der Waals surface area contributed by atoms with Crippen LogP contribution in [0, 0.1) is 13.8 Å². The van der Waals surface area contributed by atoms with E-state index in [9.17, 15) is 14.7 Å². The molecule has 1 saturated heterocycles. The zero-order valence-corrected chi connectivity index (χ0v) is 23.7. The average molecular weight is 555 g/mol. The maximum absolute atomic E-state index is 13.7. The van der Waals surface area contributed by atoms with Crippen molar-refractivity contribution in [2.24, 2.45) is 0 Å². The monoisotopic (exact) mass is 554 g/mol. The van der Waals surface area contributed by atoms with Crippen molar-refractivity contribution in [2.75, 3.05) is 11.5 Å². The van der Waals surface area contributed by atoms with E-state index in [4.69, 9.17) is 14.5 Å². The maximum Gasteiger partial charge on any atom is 0.301 e. The zero-order valence-electron chi connectivity index (χ0n) is 22.9. The summed E-state index contributed by atoms with van der Waals surface area (Å²) in [4.78, 5) is 33.5. The van der Waals surface area contributed by atoms with E-state index in [-0.39, 0.29) is 17.4 Å². The normalized spacial score (nSPS) is 19.8. The van der Waals surface area contributed by atoms with Crippen LogP contribution in [-0.4, -0.2) is 34.5 Å². The molecule has 7 nitrogen and oxygen atoms in total. The molecule has 1 amide bonds. The summed E-state index contributed by atoms with van der Waals surface area (Å²) in [7, 11) is 0. The fraction of sp³-hybridized carbons (Fsp3) is 0.281. The Labute approximate surface area is 236 Å². The highest BCUT2D eigenvalue weighted by Gasteiger charge is 2.48. The summed E-state index contributed by atoms with van der Waals surface area (Å²) in [5, 5.41) is 12.0. The summed E-state index contributed by atoms with van der Waals surface area (Å²) in [6, 6.07) is 15.9. The number of hydrogen-bond acceptors (Lipinski definition) is 7. The fourth-order valence-corrected chi connectivity index (χ4v) is 6.67. The number of hydrogen-bond donors (Lipinski definition) is 1. The predicted molar refractivity (Wildman–Crippen MR) is 156 cm³/mol. The molecule has 2 aliphatic heterocycles. The number of fused-ring (bicyclic) bond motifs is 2. The minimum Gasteiger partial charge on any atom is -0.507 e. The summed E-state index contributed by atoms with van der Waals surface area (Å²) in [5.74, 6) is -0.214. The summed E-state index contributed by atoms with van der Waals surface area (Å²) >= 11 is 1.36. The van der Waals surface area contributed by atoms with Gasteiger partial charge in [0.25, 0.3) is 5.78 Å². The summed E-state index contributed by atoms with van der Waals surface area (Å²) < 4.78 is 12.5. The van der Waals surface area contributed by atoms with Crippen LogP contribution < -0.4 is 14.4 Å². The first-order valence-electron chi connectivity index (χ1n) is 13.5. The van der Waals surface area contributed by atoms with E-state index < -0.39 is 17.7 Å². The Hall–Kier alpha value is -4.17. The highest BCUT2D eigenvalue weighted by Crippen LogP contribution is 2.45. The van der Waals surface area contributed by atoms with Crippen molar-refractivity contribution < 1.29 is 24.2 Å². The number of aryl methyl sites for hydroxylation is 2. The molecule has 0 radical (unpaired) electrons. The van der Waals surface area contributed by atoms with Crippen LogP contribution in [0.25, 0.3) is 16.0 Å². The van der Waals surface area contributed by atoms with Crippen molar-refractivity contribution >= 4 is 44.1 Å². The average Bonchev–Trinajstić information content (AvgIpc) is 3.60. The van der Waals surface area contributed by atoms with Crippen molar-refractivity contribution in [2.45, 2.75) is 52.7 Å². The Morgan fingerprint density at radius 2 is 1.90 bits per heavy atom. The number of thiazole rings is 1. The number of ether oxygens (including phenoxy) is 2. The molecule has 204 valence electrons. The van der Waals surface area contributed by atoms with Gasteiger partial charge in [0, 0.05) is 12.0 Å². The van der Waals surface area contributed by atoms with E-state index in [1.807, 2.05) is 70.2 Å². The number of Topliss-reactive ketones (excluding diaryl/α,β-unsaturated/α-hetero) is 1. The van der Waals surface area contributed by atoms with Gasteiger partial charge in [-0.1, -0.05) is 36.5 Å². The highest BCUT2D eigenvalue weighted by atomic mass is 32.1. The SMILES string of the molecule is CCCOc1ccc(C2/C(=C(/O)c3ccc4c(c3)CC(C)O4)C(=O)C(=O)N2c2nc3c(C)cc(C)cc3s2)cc1. The number of aliphatic hydroxyl groups excluding tert-OH is 1. The number of benzene rings is 3. The molecule has 0 bridgehead atoms. The van der Waals surface area contributed by atoms with Gasteiger partial charge >= 0.3 is 5.91 Å². The molecular formula is C32H30N2O5S. The lowest BCUT2D eigenvalue weighted by Gasteiger charge is -2.23. The lowest BCUT2D eigenvalue weighted by atomic mass is 9.94. The topological polar surface area (TPSA) is 89.0 Å². The quantitative estimate of drug-likeness (QED) is 0.163. The Kier molecular flexibility index (Phi) is 6.58. The van der Waals surface area contributed by atoms with Gasteiger partial charge in [0.15, 0.2) is 5.13 Å². The van der Waals surface area contributed by atoms with Gasteiger partial charge in [0.05, 0.1) is 28.4 Å². The van der Waals surface area contributed by atoms with Crippen LogP contribution in [0.4, 0.5) is 5.13 Å². The van der Waals surface area contributed by atoms with E-state index >= 15 is 0 Å². The number of nitrogens with zero attached hydrogens (tertiary/aromatic N) is 2. The molecular weight excluding hydrogens is 524 g/mol. The third-order valence-electron chi connectivity index (χ3n) is 7.31. The number of anilines is 1. The van der Waals surface area contributed by atoms with Gasteiger partial charge in [0.2, 0.25) is 0 Å². The molecule has 1 fully saturated rings. The Morgan fingerprint density at radius 1 is 1.12 bits per heavy atom. The van der Waals surface area contributed by atoms with Crippen molar-refractivity contribution in [3.63, 3.8) is 0 Å². The van der Waals surface area contributed by atoms with Crippen molar-refractivity contribution in [3.05, 3.63) is 88.0 Å². The van der Waals surface area contributed by atoms with Crippen molar-refractivity contribution in [1.82, 2.24) is 4.98 Å². The summed E-state index contributed by atoms with van der Waals surface area (Å²) in [6.45, 7) is 8.61. The smallest absolute Gasteiger partial charge is 0.301 e. The number of amides is 1. The number of carbonyl (C=O) groups is 2. The Balaban J connectivity index is 1.51. The highest BCUT2D eigenvalue weighted by molar-refractivity contribution is 7.22. The molecule has 1 N–H and O–H groups in total. The number of rotatable bonds is 6. The molecule has 0 aliphatic carbocycles. The molecule has 3 aromatic carbocycles. The minimum absolute atomic E-state index is 0.0336. The van der Waals surface area contributed by atoms with Crippen LogP contribution >= 0.6 is 11.3 Å². The molecule has 0 spiro atoms.